The maximum atomic E-state index is 5.49. The van der Waals surface area contributed by atoms with Crippen molar-refractivity contribution in [1.29, 1.82) is 0 Å². The van der Waals surface area contributed by atoms with Gasteiger partial charge in [0.25, 0.3) is 0 Å². The fourth-order valence-electron chi connectivity index (χ4n) is 1.81. The van der Waals surface area contributed by atoms with E-state index in [1.165, 1.54) is 5.57 Å². The van der Waals surface area contributed by atoms with E-state index in [9.17, 15) is 0 Å². The third kappa shape index (κ3) is 3.93. The molecule has 0 bridgehead atoms. The molecule has 88 valence electrons. The van der Waals surface area contributed by atoms with Crippen LogP contribution in [0.4, 0.5) is 0 Å². The monoisotopic (exact) mass is 212 g/mol. The van der Waals surface area contributed by atoms with Crippen LogP contribution in [0.15, 0.2) is 12.2 Å². The Morgan fingerprint density at radius 2 is 2.27 bits per heavy atom. The lowest BCUT2D eigenvalue weighted by Crippen LogP contribution is -2.53. The molecule has 0 aliphatic carbocycles. The van der Waals surface area contributed by atoms with Gasteiger partial charge in [-0.05, 0) is 26.0 Å². The van der Waals surface area contributed by atoms with Gasteiger partial charge in [-0.2, -0.15) is 0 Å². The first kappa shape index (κ1) is 12.7. The zero-order valence-corrected chi connectivity index (χ0v) is 10.3. The molecule has 0 amide bonds. The second-order valence-corrected chi connectivity index (χ2v) is 4.82. The lowest BCUT2D eigenvalue weighted by atomic mass is 10.0. The Morgan fingerprint density at radius 1 is 1.53 bits per heavy atom. The zero-order chi connectivity index (χ0) is 11.3. The van der Waals surface area contributed by atoms with Crippen LogP contribution >= 0.6 is 0 Å². The molecule has 0 saturated carbocycles. The van der Waals surface area contributed by atoms with Crippen molar-refractivity contribution in [2.45, 2.75) is 26.3 Å². The van der Waals surface area contributed by atoms with Crippen molar-refractivity contribution in [2.75, 3.05) is 39.4 Å². The lowest BCUT2D eigenvalue weighted by Gasteiger charge is -2.42. The Bertz CT molecular complexity index is 214. The van der Waals surface area contributed by atoms with E-state index in [0.717, 1.165) is 39.4 Å². The average Bonchev–Trinajstić information content (AvgIpc) is 2.18. The van der Waals surface area contributed by atoms with Crippen LogP contribution in [0, 0.1) is 0 Å². The van der Waals surface area contributed by atoms with Gasteiger partial charge in [-0.15, -0.1) is 0 Å². The summed E-state index contributed by atoms with van der Waals surface area (Å²) in [4.78, 5) is 2.45. The average molecular weight is 212 g/mol. The highest BCUT2D eigenvalue weighted by Crippen LogP contribution is 2.19. The minimum atomic E-state index is 0.146. The van der Waals surface area contributed by atoms with Crippen LogP contribution in [0.2, 0.25) is 0 Å². The van der Waals surface area contributed by atoms with Gasteiger partial charge in [-0.3, -0.25) is 4.90 Å². The number of nitrogens with zero attached hydrogens (tertiary/aromatic N) is 1. The van der Waals surface area contributed by atoms with E-state index in [1.807, 2.05) is 0 Å². The molecule has 0 atom stereocenters. The molecule has 1 saturated heterocycles. The van der Waals surface area contributed by atoms with Crippen LogP contribution in [0.1, 0.15) is 20.8 Å². The summed E-state index contributed by atoms with van der Waals surface area (Å²) in [5.41, 5.74) is 1.40. The summed E-state index contributed by atoms with van der Waals surface area (Å²) >= 11 is 0. The normalized spacial score (nSPS) is 21.5. The van der Waals surface area contributed by atoms with Crippen molar-refractivity contribution in [3.8, 4) is 0 Å². The predicted molar refractivity (Wildman–Crippen MR) is 64.2 cm³/mol. The SMILES string of the molecule is C=C(CNCC)CN1CCOCC1(C)C. The van der Waals surface area contributed by atoms with Crippen molar-refractivity contribution >= 4 is 0 Å². The lowest BCUT2D eigenvalue weighted by molar-refractivity contribution is -0.0463. The maximum absolute atomic E-state index is 5.49. The van der Waals surface area contributed by atoms with E-state index in [1.54, 1.807) is 0 Å². The van der Waals surface area contributed by atoms with Crippen LogP contribution in [0.3, 0.4) is 0 Å². The van der Waals surface area contributed by atoms with Crippen LogP contribution in [-0.2, 0) is 4.74 Å². The van der Waals surface area contributed by atoms with Gasteiger partial charge in [0.1, 0.15) is 0 Å². The molecule has 0 aromatic carbocycles. The van der Waals surface area contributed by atoms with E-state index in [-0.39, 0.29) is 5.54 Å². The molecule has 1 fully saturated rings. The zero-order valence-electron chi connectivity index (χ0n) is 10.3. The second kappa shape index (κ2) is 5.64. The maximum Gasteiger partial charge on any atom is 0.0645 e. The van der Waals surface area contributed by atoms with Crippen molar-refractivity contribution in [3.05, 3.63) is 12.2 Å². The summed E-state index contributed by atoms with van der Waals surface area (Å²) in [7, 11) is 0. The quantitative estimate of drug-likeness (QED) is 0.694. The molecule has 1 N–H and O–H groups in total. The molecule has 1 aliphatic rings. The molecule has 3 nitrogen and oxygen atoms in total. The van der Waals surface area contributed by atoms with Gasteiger partial charge in [-0.1, -0.05) is 13.5 Å². The first-order valence-electron chi connectivity index (χ1n) is 5.76. The van der Waals surface area contributed by atoms with Crippen molar-refractivity contribution in [1.82, 2.24) is 10.2 Å². The van der Waals surface area contributed by atoms with Gasteiger partial charge in [0, 0.05) is 25.2 Å². The van der Waals surface area contributed by atoms with E-state index < -0.39 is 0 Å². The molecule has 3 heteroatoms. The predicted octanol–water partition coefficient (Wildman–Crippen LogP) is 1.26. The van der Waals surface area contributed by atoms with Crippen molar-refractivity contribution in [2.24, 2.45) is 0 Å². The molecule has 1 heterocycles. The molecule has 0 aromatic heterocycles. The highest BCUT2D eigenvalue weighted by atomic mass is 16.5. The molecule has 0 spiro atoms. The molecular formula is C12H24N2O. The summed E-state index contributed by atoms with van der Waals surface area (Å²) in [6.45, 7) is 16.3. The second-order valence-electron chi connectivity index (χ2n) is 4.82. The fraction of sp³-hybridized carbons (Fsp3) is 0.833. The third-order valence-corrected chi connectivity index (χ3v) is 2.86. The molecule has 15 heavy (non-hydrogen) atoms. The minimum absolute atomic E-state index is 0.146. The Labute approximate surface area is 93.5 Å². The largest absolute Gasteiger partial charge is 0.378 e. The number of hydrogen-bond acceptors (Lipinski definition) is 3. The smallest absolute Gasteiger partial charge is 0.0645 e. The van der Waals surface area contributed by atoms with Gasteiger partial charge in [0.2, 0.25) is 0 Å². The Kier molecular flexibility index (Phi) is 4.77. The van der Waals surface area contributed by atoms with Crippen LogP contribution in [-0.4, -0.2) is 49.8 Å². The van der Waals surface area contributed by atoms with Crippen LogP contribution < -0.4 is 5.32 Å². The highest BCUT2D eigenvalue weighted by molar-refractivity contribution is 5.02. The summed E-state index contributed by atoms with van der Waals surface area (Å²) < 4.78 is 5.49. The molecule has 1 rings (SSSR count). The third-order valence-electron chi connectivity index (χ3n) is 2.86. The summed E-state index contributed by atoms with van der Waals surface area (Å²) in [5.74, 6) is 0. The van der Waals surface area contributed by atoms with Crippen molar-refractivity contribution < 1.29 is 4.74 Å². The fourth-order valence-corrected chi connectivity index (χ4v) is 1.81. The first-order valence-corrected chi connectivity index (χ1v) is 5.76. The Morgan fingerprint density at radius 3 is 2.87 bits per heavy atom. The van der Waals surface area contributed by atoms with Crippen LogP contribution in [0.5, 0.6) is 0 Å². The highest BCUT2D eigenvalue weighted by Gasteiger charge is 2.30. The van der Waals surface area contributed by atoms with Crippen molar-refractivity contribution in [3.63, 3.8) is 0 Å². The van der Waals surface area contributed by atoms with E-state index in [4.69, 9.17) is 4.74 Å². The molecule has 0 unspecified atom stereocenters. The number of ether oxygens (including phenoxy) is 1. The molecule has 0 radical (unpaired) electrons. The molecule has 0 aromatic rings. The van der Waals surface area contributed by atoms with Crippen LogP contribution in [0.25, 0.3) is 0 Å². The standard InChI is InChI=1S/C12H24N2O/c1-5-13-8-11(2)9-14-6-7-15-10-12(14,3)4/h13H,2,5-10H2,1,3-4H3. The number of morpholine rings is 1. The Balaban J connectivity index is 2.38. The molecular weight excluding hydrogens is 188 g/mol. The Hall–Kier alpha value is -0.380. The number of likely N-dealkylation sites (N-methyl/N-ethyl adjacent to an activating group) is 1. The number of rotatable bonds is 5. The number of hydrogen-bond donors (Lipinski definition) is 1. The van der Waals surface area contributed by atoms with Gasteiger partial charge in [0.15, 0.2) is 0 Å². The van der Waals surface area contributed by atoms with E-state index in [2.05, 4.69) is 37.6 Å². The summed E-state index contributed by atoms with van der Waals surface area (Å²) in [6.07, 6.45) is 0. The summed E-state index contributed by atoms with van der Waals surface area (Å²) in [5, 5.41) is 3.31. The van der Waals surface area contributed by atoms with Gasteiger partial charge >= 0.3 is 0 Å². The summed E-state index contributed by atoms with van der Waals surface area (Å²) in [6, 6.07) is 0. The topological polar surface area (TPSA) is 24.5 Å². The van der Waals surface area contributed by atoms with E-state index in [0.29, 0.717) is 0 Å². The molecule has 1 aliphatic heterocycles. The minimum Gasteiger partial charge on any atom is -0.378 e. The van der Waals surface area contributed by atoms with Gasteiger partial charge in [-0.25, -0.2) is 0 Å². The van der Waals surface area contributed by atoms with Gasteiger partial charge < -0.3 is 10.1 Å². The number of nitrogens with one attached hydrogen (secondary N) is 1. The first-order chi connectivity index (χ1) is 7.06. The van der Waals surface area contributed by atoms with E-state index >= 15 is 0 Å². The van der Waals surface area contributed by atoms with Gasteiger partial charge in [0.05, 0.1) is 13.2 Å².